The van der Waals surface area contributed by atoms with E-state index in [4.69, 9.17) is 0 Å². The second kappa shape index (κ2) is 8.54. The Hall–Kier alpha value is -2.70. The number of aliphatic hydroxyl groups is 2. The van der Waals surface area contributed by atoms with Crippen LogP contribution in [-0.2, 0) is 0 Å². The highest BCUT2D eigenvalue weighted by atomic mass is 16.3. The molecule has 2 aromatic carbocycles. The fourth-order valence-electron chi connectivity index (χ4n) is 3.23. The lowest BCUT2D eigenvalue weighted by molar-refractivity contribution is 0.0980. The van der Waals surface area contributed by atoms with Gasteiger partial charge in [-0.1, -0.05) is 38.1 Å². The molecule has 6 nitrogen and oxygen atoms in total. The highest BCUT2D eigenvalue weighted by Gasteiger charge is 2.33. The van der Waals surface area contributed by atoms with Crippen molar-refractivity contribution in [3.8, 4) is 0 Å². The lowest BCUT2D eigenvalue weighted by Gasteiger charge is -2.24. The zero-order valence-electron chi connectivity index (χ0n) is 16.2. The molecule has 0 heterocycles. The molecule has 2 unspecified atom stereocenters. The summed E-state index contributed by atoms with van der Waals surface area (Å²) in [5, 5.41) is 24.8. The third-order valence-electron chi connectivity index (χ3n) is 4.98. The molecule has 1 aliphatic carbocycles. The fraction of sp³-hybridized carbons (Fsp3) is 0.364. The topological polar surface area (TPSA) is 98.7 Å². The summed E-state index contributed by atoms with van der Waals surface area (Å²) < 4.78 is 0. The van der Waals surface area contributed by atoms with E-state index in [2.05, 4.69) is 10.6 Å². The van der Waals surface area contributed by atoms with E-state index in [1.165, 1.54) is 0 Å². The summed E-state index contributed by atoms with van der Waals surface area (Å²) >= 11 is 0. The number of carbonyl (C=O) groups is 2. The first-order chi connectivity index (χ1) is 13.5. The van der Waals surface area contributed by atoms with E-state index >= 15 is 0 Å². The molecule has 0 amide bonds. The largest absolute Gasteiger partial charge is 0.396 e. The van der Waals surface area contributed by atoms with Gasteiger partial charge in [0.15, 0.2) is 11.6 Å². The van der Waals surface area contributed by atoms with Gasteiger partial charge in [0.05, 0.1) is 11.1 Å². The Labute approximate surface area is 164 Å². The number of carbonyl (C=O) groups excluding carboxylic acids is 2. The van der Waals surface area contributed by atoms with Gasteiger partial charge in [-0.2, -0.15) is 0 Å². The van der Waals surface area contributed by atoms with Gasteiger partial charge in [-0.05, 0) is 24.0 Å². The average Bonchev–Trinajstić information content (AvgIpc) is 2.73. The van der Waals surface area contributed by atoms with Crippen LogP contribution in [0.2, 0.25) is 0 Å². The number of aliphatic hydroxyl groups excluding tert-OH is 2. The Morgan fingerprint density at radius 1 is 0.750 bits per heavy atom. The molecule has 0 bridgehead atoms. The summed E-state index contributed by atoms with van der Waals surface area (Å²) in [6.07, 6.45) is 0. The van der Waals surface area contributed by atoms with Crippen LogP contribution in [0.15, 0.2) is 36.4 Å². The smallest absolute Gasteiger partial charge is 0.196 e. The molecule has 0 spiro atoms. The van der Waals surface area contributed by atoms with Crippen LogP contribution in [0.25, 0.3) is 0 Å². The predicted molar refractivity (Wildman–Crippen MR) is 109 cm³/mol. The summed E-state index contributed by atoms with van der Waals surface area (Å²) in [6, 6.07) is 10.4. The molecule has 0 saturated carbocycles. The monoisotopic (exact) mass is 382 g/mol. The molecule has 28 heavy (non-hydrogen) atoms. The van der Waals surface area contributed by atoms with Gasteiger partial charge in [0.25, 0.3) is 0 Å². The molecule has 0 aromatic heterocycles. The number of benzene rings is 2. The normalized spacial score (nSPS) is 14.9. The van der Waals surface area contributed by atoms with Crippen LogP contribution in [0.5, 0.6) is 0 Å². The maximum absolute atomic E-state index is 13.2. The quantitative estimate of drug-likeness (QED) is 0.478. The molecular formula is C22H26N2O4. The van der Waals surface area contributed by atoms with Crippen LogP contribution < -0.4 is 10.6 Å². The molecule has 6 heteroatoms. The van der Waals surface area contributed by atoms with E-state index in [0.29, 0.717) is 46.7 Å². The lowest BCUT2D eigenvalue weighted by atomic mass is 9.82. The van der Waals surface area contributed by atoms with Crippen molar-refractivity contribution in [3.63, 3.8) is 0 Å². The van der Waals surface area contributed by atoms with Crippen molar-refractivity contribution < 1.29 is 19.8 Å². The van der Waals surface area contributed by atoms with E-state index < -0.39 is 0 Å². The predicted octanol–water partition coefficient (Wildman–Crippen LogP) is 2.54. The van der Waals surface area contributed by atoms with Gasteiger partial charge in [-0.25, -0.2) is 0 Å². The zero-order valence-corrected chi connectivity index (χ0v) is 16.2. The first kappa shape index (κ1) is 20.0. The van der Waals surface area contributed by atoms with E-state index in [1.807, 2.05) is 13.8 Å². The number of hydrogen-bond acceptors (Lipinski definition) is 6. The SMILES string of the molecule is CC(CO)CNc1cccc2c1C(=O)c1cccc(NCC(C)CO)c1C2=O. The number of rotatable bonds is 8. The van der Waals surface area contributed by atoms with Crippen LogP contribution >= 0.6 is 0 Å². The maximum atomic E-state index is 13.2. The van der Waals surface area contributed by atoms with Gasteiger partial charge < -0.3 is 20.8 Å². The minimum Gasteiger partial charge on any atom is -0.396 e. The van der Waals surface area contributed by atoms with Gasteiger partial charge in [0.2, 0.25) is 0 Å². The third kappa shape index (κ3) is 3.79. The van der Waals surface area contributed by atoms with Crippen molar-refractivity contribution in [3.05, 3.63) is 58.7 Å². The van der Waals surface area contributed by atoms with E-state index in [0.717, 1.165) is 0 Å². The summed E-state index contributed by atoms with van der Waals surface area (Å²) in [5.41, 5.74) is 2.73. The maximum Gasteiger partial charge on any atom is 0.196 e. The van der Waals surface area contributed by atoms with E-state index in [9.17, 15) is 19.8 Å². The molecule has 0 aliphatic heterocycles. The highest BCUT2D eigenvalue weighted by Crippen LogP contribution is 2.35. The van der Waals surface area contributed by atoms with Gasteiger partial charge in [-0.3, -0.25) is 9.59 Å². The Balaban J connectivity index is 1.98. The van der Waals surface area contributed by atoms with E-state index in [1.54, 1.807) is 36.4 Å². The summed E-state index contributed by atoms with van der Waals surface area (Å²) in [5.74, 6) is -0.324. The fourth-order valence-corrected chi connectivity index (χ4v) is 3.23. The molecule has 0 saturated heterocycles. The molecule has 1 aliphatic rings. The molecule has 0 radical (unpaired) electrons. The lowest BCUT2D eigenvalue weighted by Crippen LogP contribution is -2.25. The van der Waals surface area contributed by atoms with E-state index in [-0.39, 0.29) is 36.6 Å². The molecule has 2 aromatic rings. The van der Waals surface area contributed by atoms with Crippen molar-refractivity contribution in [2.75, 3.05) is 36.9 Å². The minimum atomic E-state index is -0.191. The number of fused-ring (bicyclic) bond motifs is 2. The number of ketones is 2. The van der Waals surface area contributed by atoms with Gasteiger partial charge >= 0.3 is 0 Å². The van der Waals surface area contributed by atoms with Gasteiger partial charge in [0, 0.05) is 48.8 Å². The van der Waals surface area contributed by atoms with Crippen LogP contribution in [0, 0.1) is 11.8 Å². The minimum absolute atomic E-state index is 0.0295. The Bertz CT molecular complexity index is 821. The first-order valence-electron chi connectivity index (χ1n) is 9.52. The Morgan fingerprint density at radius 3 is 1.50 bits per heavy atom. The number of nitrogens with one attached hydrogen (secondary N) is 2. The average molecular weight is 382 g/mol. The first-order valence-corrected chi connectivity index (χ1v) is 9.52. The molecule has 0 fully saturated rings. The summed E-state index contributed by atoms with van der Waals surface area (Å²) in [4.78, 5) is 26.5. The van der Waals surface area contributed by atoms with Gasteiger partial charge in [0.1, 0.15) is 0 Å². The van der Waals surface area contributed by atoms with Crippen LogP contribution in [0.4, 0.5) is 11.4 Å². The van der Waals surface area contributed by atoms with Crippen LogP contribution in [-0.4, -0.2) is 48.1 Å². The van der Waals surface area contributed by atoms with Crippen molar-refractivity contribution in [1.29, 1.82) is 0 Å². The van der Waals surface area contributed by atoms with Crippen molar-refractivity contribution in [2.45, 2.75) is 13.8 Å². The van der Waals surface area contributed by atoms with Gasteiger partial charge in [-0.15, -0.1) is 0 Å². The summed E-state index contributed by atoms with van der Waals surface area (Å²) in [7, 11) is 0. The molecule has 148 valence electrons. The second-order valence-corrected chi connectivity index (χ2v) is 7.45. The molecular weight excluding hydrogens is 356 g/mol. The van der Waals surface area contributed by atoms with Crippen molar-refractivity contribution >= 4 is 22.9 Å². The van der Waals surface area contributed by atoms with Crippen LogP contribution in [0.1, 0.15) is 45.7 Å². The van der Waals surface area contributed by atoms with Crippen molar-refractivity contribution in [2.24, 2.45) is 11.8 Å². The number of anilines is 2. The molecule has 2 atom stereocenters. The molecule has 3 rings (SSSR count). The number of hydrogen-bond donors (Lipinski definition) is 4. The second-order valence-electron chi connectivity index (χ2n) is 7.45. The highest BCUT2D eigenvalue weighted by molar-refractivity contribution is 6.31. The van der Waals surface area contributed by atoms with Crippen LogP contribution in [0.3, 0.4) is 0 Å². The third-order valence-corrected chi connectivity index (χ3v) is 4.98. The summed E-state index contributed by atoms with van der Waals surface area (Å²) in [6.45, 7) is 4.88. The molecule has 4 N–H and O–H groups in total. The Kier molecular flexibility index (Phi) is 6.11. The zero-order chi connectivity index (χ0) is 20.3. The standard InChI is InChI=1S/C22H26N2O4/c1-13(11-25)9-23-17-7-3-5-15-19(17)21(27)16-6-4-8-18(20(16)22(15)28)24-10-14(2)12-26/h3-8,13-14,23-26H,9-12H2,1-2H3. The van der Waals surface area contributed by atoms with Crippen molar-refractivity contribution in [1.82, 2.24) is 0 Å². The Morgan fingerprint density at radius 2 is 1.14 bits per heavy atom.